The second kappa shape index (κ2) is 3.97. The standard InChI is InChI=1S/C11H22N2/c1-9-5-7-13(10(9)2)8-11-4-3-6-12-11/h9-12H,3-8H2,1-2H3/t9?,10?,11-/m0/s1. The molecule has 2 saturated heterocycles. The molecule has 3 atom stereocenters. The van der Waals surface area contributed by atoms with E-state index in [1.54, 1.807) is 0 Å². The molecule has 2 nitrogen and oxygen atoms in total. The molecule has 76 valence electrons. The van der Waals surface area contributed by atoms with Crippen LogP contribution in [0.5, 0.6) is 0 Å². The molecular formula is C11H22N2. The smallest absolute Gasteiger partial charge is 0.0195 e. The van der Waals surface area contributed by atoms with E-state index < -0.39 is 0 Å². The van der Waals surface area contributed by atoms with E-state index in [1.165, 1.54) is 38.9 Å². The van der Waals surface area contributed by atoms with Gasteiger partial charge in [-0.3, -0.25) is 4.90 Å². The Morgan fingerprint density at radius 2 is 2.15 bits per heavy atom. The lowest BCUT2D eigenvalue weighted by molar-refractivity contribution is 0.226. The summed E-state index contributed by atoms with van der Waals surface area (Å²) in [5.41, 5.74) is 0. The van der Waals surface area contributed by atoms with E-state index in [1.807, 2.05) is 0 Å². The Morgan fingerprint density at radius 3 is 2.69 bits per heavy atom. The molecule has 2 aliphatic rings. The van der Waals surface area contributed by atoms with Gasteiger partial charge in [0.1, 0.15) is 0 Å². The van der Waals surface area contributed by atoms with Crippen LogP contribution in [-0.4, -0.2) is 36.6 Å². The molecule has 2 aliphatic heterocycles. The minimum atomic E-state index is 0.785. The van der Waals surface area contributed by atoms with Gasteiger partial charge in [0.25, 0.3) is 0 Å². The van der Waals surface area contributed by atoms with Gasteiger partial charge >= 0.3 is 0 Å². The molecule has 2 fully saturated rings. The van der Waals surface area contributed by atoms with Crippen molar-refractivity contribution in [3.63, 3.8) is 0 Å². The molecule has 0 aromatic rings. The van der Waals surface area contributed by atoms with Crippen molar-refractivity contribution >= 4 is 0 Å². The number of hydrogen-bond acceptors (Lipinski definition) is 2. The summed E-state index contributed by atoms with van der Waals surface area (Å²) in [5, 5.41) is 3.58. The average molecular weight is 182 g/mol. The summed E-state index contributed by atoms with van der Waals surface area (Å²) in [5.74, 6) is 0.904. The molecule has 0 radical (unpaired) electrons. The van der Waals surface area contributed by atoms with Crippen LogP contribution in [-0.2, 0) is 0 Å². The third kappa shape index (κ3) is 2.05. The molecular weight excluding hydrogens is 160 g/mol. The Balaban J connectivity index is 1.81. The molecule has 0 bridgehead atoms. The first-order valence-electron chi connectivity index (χ1n) is 5.75. The van der Waals surface area contributed by atoms with E-state index in [0.717, 1.165) is 18.0 Å². The van der Waals surface area contributed by atoms with Crippen LogP contribution < -0.4 is 5.32 Å². The fourth-order valence-electron chi connectivity index (χ4n) is 2.63. The first-order chi connectivity index (χ1) is 6.27. The summed E-state index contributed by atoms with van der Waals surface area (Å²) in [6.07, 6.45) is 4.16. The second-order valence-corrected chi connectivity index (χ2v) is 4.79. The van der Waals surface area contributed by atoms with Crippen LogP contribution in [0, 0.1) is 5.92 Å². The van der Waals surface area contributed by atoms with E-state index in [4.69, 9.17) is 0 Å². The summed E-state index contributed by atoms with van der Waals surface area (Å²) >= 11 is 0. The van der Waals surface area contributed by atoms with Crippen molar-refractivity contribution in [2.45, 2.75) is 45.2 Å². The number of rotatable bonds is 2. The van der Waals surface area contributed by atoms with E-state index >= 15 is 0 Å². The summed E-state index contributed by atoms with van der Waals surface area (Å²) in [6.45, 7) is 8.60. The number of likely N-dealkylation sites (tertiary alicyclic amines) is 1. The molecule has 2 heterocycles. The van der Waals surface area contributed by atoms with Gasteiger partial charge in [-0.05, 0) is 45.2 Å². The monoisotopic (exact) mass is 182 g/mol. The lowest BCUT2D eigenvalue weighted by Gasteiger charge is -2.26. The minimum absolute atomic E-state index is 0.785. The Hall–Kier alpha value is -0.0800. The fourth-order valence-corrected chi connectivity index (χ4v) is 2.63. The Bertz CT molecular complexity index is 163. The van der Waals surface area contributed by atoms with Gasteiger partial charge in [0.05, 0.1) is 0 Å². The molecule has 2 heteroatoms. The van der Waals surface area contributed by atoms with Crippen LogP contribution in [0.15, 0.2) is 0 Å². The van der Waals surface area contributed by atoms with Crippen molar-refractivity contribution in [3.8, 4) is 0 Å². The van der Waals surface area contributed by atoms with Gasteiger partial charge in [0.15, 0.2) is 0 Å². The van der Waals surface area contributed by atoms with E-state index in [9.17, 15) is 0 Å². The van der Waals surface area contributed by atoms with E-state index in [-0.39, 0.29) is 0 Å². The highest BCUT2D eigenvalue weighted by Crippen LogP contribution is 2.24. The summed E-state index contributed by atoms with van der Waals surface area (Å²) in [6, 6.07) is 1.59. The lowest BCUT2D eigenvalue weighted by atomic mass is 10.1. The maximum atomic E-state index is 3.58. The van der Waals surface area contributed by atoms with Crippen LogP contribution in [0.4, 0.5) is 0 Å². The van der Waals surface area contributed by atoms with Crippen LogP contribution in [0.25, 0.3) is 0 Å². The highest BCUT2D eigenvalue weighted by molar-refractivity contribution is 4.86. The van der Waals surface area contributed by atoms with Crippen molar-refractivity contribution in [1.82, 2.24) is 10.2 Å². The summed E-state index contributed by atoms with van der Waals surface area (Å²) in [7, 11) is 0. The Kier molecular flexibility index (Phi) is 2.89. The van der Waals surface area contributed by atoms with Gasteiger partial charge < -0.3 is 5.32 Å². The molecule has 13 heavy (non-hydrogen) atoms. The van der Waals surface area contributed by atoms with Crippen molar-refractivity contribution in [2.24, 2.45) is 5.92 Å². The Morgan fingerprint density at radius 1 is 1.31 bits per heavy atom. The quantitative estimate of drug-likeness (QED) is 0.695. The van der Waals surface area contributed by atoms with Crippen molar-refractivity contribution in [3.05, 3.63) is 0 Å². The van der Waals surface area contributed by atoms with Crippen LogP contribution in [0.2, 0.25) is 0 Å². The fraction of sp³-hybridized carbons (Fsp3) is 1.00. The maximum absolute atomic E-state index is 3.58. The van der Waals surface area contributed by atoms with Crippen LogP contribution >= 0.6 is 0 Å². The van der Waals surface area contributed by atoms with Gasteiger partial charge in [0, 0.05) is 18.6 Å². The van der Waals surface area contributed by atoms with Crippen molar-refractivity contribution < 1.29 is 0 Å². The first kappa shape index (κ1) is 9.47. The average Bonchev–Trinajstić information content (AvgIpc) is 2.71. The van der Waals surface area contributed by atoms with E-state index in [2.05, 4.69) is 24.1 Å². The van der Waals surface area contributed by atoms with Gasteiger partial charge in [-0.25, -0.2) is 0 Å². The zero-order valence-electron chi connectivity index (χ0n) is 8.92. The lowest BCUT2D eigenvalue weighted by Crippen LogP contribution is -2.40. The summed E-state index contributed by atoms with van der Waals surface area (Å²) in [4.78, 5) is 2.66. The number of nitrogens with zero attached hydrogens (tertiary/aromatic N) is 1. The zero-order chi connectivity index (χ0) is 9.26. The zero-order valence-corrected chi connectivity index (χ0v) is 8.92. The number of nitrogens with one attached hydrogen (secondary N) is 1. The predicted octanol–water partition coefficient (Wildman–Crippen LogP) is 1.47. The molecule has 1 N–H and O–H groups in total. The topological polar surface area (TPSA) is 15.3 Å². The third-order valence-electron chi connectivity index (χ3n) is 3.89. The molecule has 0 spiro atoms. The van der Waals surface area contributed by atoms with Gasteiger partial charge in [0.2, 0.25) is 0 Å². The molecule has 2 unspecified atom stereocenters. The largest absolute Gasteiger partial charge is 0.313 e. The third-order valence-corrected chi connectivity index (χ3v) is 3.89. The molecule has 0 aromatic carbocycles. The Labute approximate surface area is 81.7 Å². The number of hydrogen-bond donors (Lipinski definition) is 1. The molecule has 0 amide bonds. The summed E-state index contributed by atoms with van der Waals surface area (Å²) < 4.78 is 0. The normalized spacial score (nSPS) is 41.5. The van der Waals surface area contributed by atoms with E-state index in [0.29, 0.717) is 0 Å². The van der Waals surface area contributed by atoms with Crippen molar-refractivity contribution in [2.75, 3.05) is 19.6 Å². The minimum Gasteiger partial charge on any atom is -0.313 e. The van der Waals surface area contributed by atoms with Gasteiger partial charge in [-0.15, -0.1) is 0 Å². The predicted molar refractivity (Wildman–Crippen MR) is 55.8 cm³/mol. The van der Waals surface area contributed by atoms with Crippen LogP contribution in [0.1, 0.15) is 33.1 Å². The van der Waals surface area contributed by atoms with Crippen molar-refractivity contribution in [1.29, 1.82) is 0 Å². The molecule has 0 saturated carbocycles. The molecule has 2 rings (SSSR count). The SMILES string of the molecule is CC1CCN(C[C@@H]2CCCN2)C1C. The first-order valence-corrected chi connectivity index (χ1v) is 5.75. The molecule has 0 aliphatic carbocycles. The highest BCUT2D eigenvalue weighted by Gasteiger charge is 2.29. The maximum Gasteiger partial charge on any atom is 0.0195 e. The second-order valence-electron chi connectivity index (χ2n) is 4.79. The van der Waals surface area contributed by atoms with Crippen LogP contribution in [0.3, 0.4) is 0 Å². The van der Waals surface area contributed by atoms with Gasteiger partial charge in [-0.2, -0.15) is 0 Å². The van der Waals surface area contributed by atoms with Gasteiger partial charge in [-0.1, -0.05) is 6.92 Å². The molecule has 0 aromatic heterocycles. The highest BCUT2D eigenvalue weighted by atomic mass is 15.2.